The first kappa shape index (κ1) is 19.5. The SMILES string of the molecule is Cc1nn2c(C3CCNCC3)cc(=O)[nH]c2c1C(=O)NC(C)(C)C.Cl. The normalized spacial score (nSPS) is 15.8. The van der Waals surface area contributed by atoms with Crippen molar-refractivity contribution in [3.8, 4) is 0 Å². The van der Waals surface area contributed by atoms with Crippen LogP contribution in [0.5, 0.6) is 0 Å². The molecule has 0 unspecified atom stereocenters. The summed E-state index contributed by atoms with van der Waals surface area (Å²) in [6.07, 6.45) is 1.92. The first-order valence-electron chi connectivity index (χ1n) is 8.42. The van der Waals surface area contributed by atoms with Crippen molar-refractivity contribution in [2.24, 2.45) is 0 Å². The Hall–Kier alpha value is -1.86. The van der Waals surface area contributed by atoms with Crippen LogP contribution in [-0.4, -0.2) is 39.1 Å². The highest BCUT2D eigenvalue weighted by Crippen LogP contribution is 2.26. The highest BCUT2D eigenvalue weighted by molar-refractivity contribution is 6.01. The number of aryl methyl sites for hydroxylation is 1. The van der Waals surface area contributed by atoms with Crippen molar-refractivity contribution >= 4 is 24.0 Å². The maximum Gasteiger partial charge on any atom is 0.257 e. The minimum atomic E-state index is -0.356. The van der Waals surface area contributed by atoms with E-state index in [9.17, 15) is 9.59 Å². The zero-order valence-electron chi connectivity index (χ0n) is 15.1. The molecule has 0 atom stereocenters. The highest BCUT2D eigenvalue weighted by Gasteiger charge is 2.25. The van der Waals surface area contributed by atoms with Gasteiger partial charge in [-0.3, -0.25) is 9.59 Å². The molecule has 3 N–H and O–H groups in total. The second-order valence-electron chi connectivity index (χ2n) is 7.51. The first-order valence-corrected chi connectivity index (χ1v) is 8.42. The number of hydrogen-bond donors (Lipinski definition) is 3. The number of carbonyl (C=O) groups excluding carboxylic acids is 1. The number of hydrogen-bond acceptors (Lipinski definition) is 4. The second kappa shape index (κ2) is 7.17. The molecule has 3 rings (SSSR count). The van der Waals surface area contributed by atoms with Crippen LogP contribution in [0, 0.1) is 6.92 Å². The molecule has 1 amide bonds. The van der Waals surface area contributed by atoms with Crippen molar-refractivity contribution in [1.82, 2.24) is 25.2 Å². The lowest BCUT2D eigenvalue weighted by atomic mass is 9.94. The lowest BCUT2D eigenvalue weighted by Crippen LogP contribution is -2.40. The van der Waals surface area contributed by atoms with Crippen LogP contribution in [0.3, 0.4) is 0 Å². The number of H-pyrrole nitrogens is 1. The Balaban J connectivity index is 0.00000225. The van der Waals surface area contributed by atoms with Crippen LogP contribution in [0.15, 0.2) is 10.9 Å². The molecule has 1 aliphatic heterocycles. The van der Waals surface area contributed by atoms with E-state index >= 15 is 0 Å². The van der Waals surface area contributed by atoms with E-state index < -0.39 is 0 Å². The number of aromatic amines is 1. The van der Waals surface area contributed by atoms with Crippen molar-refractivity contribution in [3.63, 3.8) is 0 Å². The van der Waals surface area contributed by atoms with Crippen LogP contribution in [0.25, 0.3) is 5.65 Å². The minimum absolute atomic E-state index is 0. The predicted molar refractivity (Wildman–Crippen MR) is 99.9 cm³/mol. The van der Waals surface area contributed by atoms with Gasteiger partial charge < -0.3 is 15.6 Å². The number of nitrogens with one attached hydrogen (secondary N) is 3. The molecule has 1 saturated heterocycles. The van der Waals surface area contributed by atoms with Crippen LogP contribution in [0.1, 0.15) is 61.3 Å². The zero-order valence-corrected chi connectivity index (χ0v) is 15.9. The summed E-state index contributed by atoms with van der Waals surface area (Å²) in [6.45, 7) is 9.43. The Bertz CT molecular complexity index is 828. The van der Waals surface area contributed by atoms with Crippen LogP contribution >= 0.6 is 12.4 Å². The molecular formula is C17H26ClN5O2. The van der Waals surface area contributed by atoms with Gasteiger partial charge in [-0.05, 0) is 53.6 Å². The van der Waals surface area contributed by atoms with Gasteiger partial charge in [-0.1, -0.05) is 0 Å². The monoisotopic (exact) mass is 367 g/mol. The fourth-order valence-electron chi connectivity index (χ4n) is 3.26. The Morgan fingerprint density at radius 3 is 2.56 bits per heavy atom. The average molecular weight is 368 g/mol. The van der Waals surface area contributed by atoms with Crippen molar-refractivity contribution in [3.05, 3.63) is 33.4 Å². The van der Waals surface area contributed by atoms with Crippen molar-refractivity contribution in [2.45, 2.75) is 52.0 Å². The van der Waals surface area contributed by atoms with Crippen molar-refractivity contribution in [2.75, 3.05) is 13.1 Å². The van der Waals surface area contributed by atoms with E-state index in [1.807, 2.05) is 20.8 Å². The largest absolute Gasteiger partial charge is 0.347 e. The van der Waals surface area contributed by atoms with E-state index in [4.69, 9.17) is 0 Å². The smallest absolute Gasteiger partial charge is 0.257 e. The van der Waals surface area contributed by atoms with Crippen molar-refractivity contribution in [1.29, 1.82) is 0 Å². The van der Waals surface area contributed by atoms with Gasteiger partial charge in [-0.2, -0.15) is 5.10 Å². The summed E-state index contributed by atoms with van der Waals surface area (Å²) in [6, 6.07) is 1.61. The molecule has 7 nitrogen and oxygen atoms in total. The lowest BCUT2D eigenvalue weighted by molar-refractivity contribution is 0.0920. The van der Waals surface area contributed by atoms with Gasteiger partial charge in [0.15, 0.2) is 0 Å². The van der Waals surface area contributed by atoms with Gasteiger partial charge in [0.25, 0.3) is 11.5 Å². The number of nitrogens with zero attached hydrogens (tertiary/aromatic N) is 2. The number of amides is 1. The lowest BCUT2D eigenvalue weighted by Gasteiger charge is -2.23. The summed E-state index contributed by atoms with van der Waals surface area (Å²) in [5.74, 6) is 0.0574. The maximum absolute atomic E-state index is 12.7. The van der Waals surface area contributed by atoms with Gasteiger partial charge in [0.05, 0.1) is 11.4 Å². The van der Waals surface area contributed by atoms with Gasteiger partial charge in [-0.15, -0.1) is 12.4 Å². The zero-order chi connectivity index (χ0) is 17.5. The quantitative estimate of drug-likeness (QED) is 0.754. The number of carbonyl (C=O) groups is 1. The van der Waals surface area contributed by atoms with E-state index in [1.165, 1.54) is 0 Å². The molecule has 0 aliphatic carbocycles. The fourth-order valence-corrected chi connectivity index (χ4v) is 3.26. The molecule has 8 heteroatoms. The number of piperidine rings is 1. The topological polar surface area (TPSA) is 91.3 Å². The average Bonchev–Trinajstić information content (AvgIpc) is 2.81. The third-order valence-corrected chi connectivity index (χ3v) is 4.30. The summed E-state index contributed by atoms with van der Waals surface area (Å²) >= 11 is 0. The van der Waals surface area contributed by atoms with E-state index in [-0.39, 0.29) is 35.3 Å². The van der Waals surface area contributed by atoms with Crippen LogP contribution in [-0.2, 0) is 0 Å². The molecule has 0 radical (unpaired) electrons. The molecule has 2 aromatic heterocycles. The Kier molecular flexibility index (Phi) is 5.58. The number of halogens is 1. The molecule has 25 heavy (non-hydrogen) atoms. The molecule has 0 bridgehead atoms. The molecule has 0 saturated carbocycles. The minimum Gasteiger partial charge on any atom is -0.347 e. The summed E-state index contributed by atoms with van der Waals surface area (Å²) in [7, 11) is 0. The van der Waals surface area contributed by atoms with E-state index in [2.05, 4.69) is 20.7 Å². The summed E-state index contributed by atoms with van der Waals surface area (Å²) in [4.78, 5) is 27.6. The molecule has 0 aromatic carbocycles. The van der Waals surface area contributed by atoms with E-state index in [1.54, 1.807) is 17.5 Å². The molecule has 1 aliphatic rings. The first-order chi connectivity index (χ1) is 11.3. The molecule has 1 fully saturated rings. The Morgan fingerprint density at radius 2 is 1.96 bits per heavy atom. The van der Waals surface area contributed by atoms with Crippen LogP contribution in [0.2, 0.25) is 0 Å². The molecule has 3 heterocycles. The van der Waals surface area contributed by atoms with Gasteiger partial charge >= 0.3 is 0 Å². The highest BCUT2D eigenvalue weighted by atomic mass is 35.5. The van der Waals surface area contributed by atoms with Crippen LogP contribution in [0.4, 0.5) is 0 Å². The van der Waals surface area contributed by atoms with E-state index in [0.717, 1.165) is 31.6 Å². The predicted octanol–water partition coefficient (Wildman–Crippen LogP) is 1.75. The second-order valence-corrected chi connectivity index (χ2v) is 7.51. The molecule has 2 aromatic rings. The third-order valence-electron chi connectivity index (χ3n) is 4.30. The summed E-state index contributed by atoms with van der Waals surface area (Å²) in [5.41, 5.74) is 1.88. The number of aromatic nitrogens is 3. The molecule has 138 valence electrons. The number of fused-ring (bicyclic) bond motifs is 1. The Morgan fingerprint density at radius 1 is 1.32 bits per heavy atom. The maximum atomic E-state index is 12.7. The van der Waals surface area contributed by atoms with Gasteiger partial charge in [0, 0.05) is 17.5 Å². The summed E-state index contributed by atoms with van der Waals surface area (Å²) in [5, 5.41) is 10.8. The van der Waals surface area contributed by atoms with Gasteiger partial charge in [0.2, 0.25) is 0 Å². The molecule has 0 spiro atoms. The fraction of sp³-hybridized carbons (Fsp3) is 0.588. The third kappa shape index (κ3) is 4.04. The molecular weight excluding hydrogens is 342 g/mol. The number of rotatable bonds is 2. The Labute approximate surface area is 153 Å². The summed E-state index contributed by atoms with van der Waals surface area (Å²) < 4.78 is 1.74. The van der Waals surface area contributed by atoms with E-state index in [0.29, 0.717) is 16.9 Å². The van der Waals surface area contributed by atoms with Crippen molar-refractivity contribution < 1.29 is 4.79 Å². The standard InChI is InChI=1S/C17H25N5O2.ClH/c1-10-14(16(24)20-17(2,3)4)15-19-13(23)9-12(22(15)21-10)11-5-7-18-8-6-11;/h9,11,18H,5-8H2,1-4H3,(H,19,23)(H,20,24);1H. The van der Waals surface area contributed by atoms with Gasteiger partial charge in [0.1, 0.15) is 11.2 Å². The van der Waals surface area contributed by atoms with Crippen LogP contribution < -0.4 is 16.2 Å². The van der Waals surface area contributed by atoms with Gasteiger partial charge in [-0.25, -0.2) is 4.52 Å².